The highest BCUT2D eigenvalue weighted by molar-refractivity contribution is 7.97. The van der Waals surface area contributed by atoms with E-state index in [4.69, 9.17) is 21.1 Å². The van der Waals surface area contributed by atoms with Crippen molar-refractivity contribution in [3.05, 3.63) is 23.6 Å². The Kier molecular flexibility index (Phi) is 6.30. The number of aryl methyl sites for hydroxylation is 1. The van der Waals surface area contributed by atoms with E-state index in [0.29, 0.717) is 30.0 Å². The summed E-state index contributed by atoms with van der Waals surface area (Å²) in [6.45, 7) is 1.65. The first kappa shape index (κ1) is 21.5. The van der Waals surface area contributed by atoms with Gasteiger partial charge in [-0.3, -0.25) is 9.40 Å². The van der Waals surface area contributed by atoms with Crippen molar-refractivity contribution >= 4 is 41.0 Å². The fourth-order valence-corrected chi connectivity index (χ4v) is 4.22. The van der Waals surface area contributed by atoms with Gasteiger partial charge in [0.2, 0.25) is 5.95 Å². The fraction of sp³-hybridized carbons (Fsp3) is 0.588. The predicted octanol–water partition coefficient (Wildman–Crippen LogP) is 2.45. The number of halogens is 3. The predicted molar refractivity (Wildman–Crippen MR) is 110 cm³/mol. The molecule has 3 N–H and O–H groups in total. The average molecular weight is 462 g/mol. The van der Waals surface area contributed by atoms with Crippen LogP contribution in [0.1, 0.15) is 6.92 Å². The number of ether oxygens (including phenoxy) is 2. The summed E-state index contributed by atoms with van der Waals surface area (Å²) in [7, 11) is 1.81. The number of nitrogens with zero attached hydrogens (tertiary/aromatic N) is 4. The molecule has 0 amide bonds. The zero-order valence-electron chi connectivity index (χ0n) is 16.3. The first-order valence-corrected chi connectivity index (χ1v) is 10.7. The van der Waals surface area contributed by atoms with Gasteiger partial charge in [0, 0.05) is 20.2 Å². The standard InChI is InChI=1S/C17H22ClF2N7O2S/c1-17(19,20)8-30-26-12-7-29-13-11(6-28-14(12)13)24-15-10(18)4-21-16(25-15)23-9-3-22-27(2)5-9/h3-5,11-14,26H,6-8H2,1-2H3,(H2,21,23,24,25). The van der Waals surface area contributed by atoms with Gasteiger partial charge in [0.05, 0.1) is 49.1 Å². The second kappa shape index (κ2) is 8.79. The number of aromatic nitrogens is 4. The molecule has 4 heterocycles. The van der Waals surface area contributed by atoms with Crippen molar-refractivity contribution in [1.29, 1.82) is 0 Å². The molecule has 2 aliphatic heterocycles. The van der Waals surface area contributed by atoms with E-state index in [-0.39, 0.29) is 30.0 Å². The van der Waals surface area contributed by atoms with E-state index in [0.717, 1.165) is 24.6 Å². The number of fused-ring (bicyclic) bond motifs is 1. The van der Waals surface area contributed by atoms with Gasteiger partial charge in [0.25, 0.3) is 5.92 Å². The zero-order chi connectivity index (χ0) is 21.3. The van der Waals surface area contributed by atoms with Crippen LogP contribution in [0.15, 0.2) is 18.6 Å². The van der Waals surface area contributed by atoms with Crippen LogP contribution in [-0.2, 0) is 16.5 Å². The van der Waals surface area contributed by atoms with Crippen molar-refractivity contribution in [1.82, 2.24) is 24.5 Å². The molecule has 30 heavy (non-hydrogen) atoms. The van der Waals surface area contributed by atoms with Crippen molar-refractivity contribution in [2.75, 3.05) is 29.6 Å². The summed E-state index contributed by atoms with van der Waals surface area (Å²) < 4.78 is 42.4. The Morgan fingerprint density at radius 2 is 2.00 bits per heavy atom. The number of hydrogen-bond donors (Lipinski definition) is 3. The first-order valence-electron chi connectivity index (χ1n) is 9.31. The summed E-state index contributed by atoms with van der Waals surface area (Å²) in [5, 5.41) is 10.8. The van der Waals surface area contributed by atoms with Crippen molar-refractivity contribution in [3.63, 3.8) is 0 Å². The molecule has 2 fully saturated rings. The quantitative estimate of drug-likeness (QED) is 0.512. The van der Waals surface area contributed by atoms with Crippen LogP contribution in [0.2, 0.25) is 5.02 Å². The fourth-order valence-electron chi connectivity index (χ4n) is 3.32. The van der Waals surface area contributed by atoms with Crippen LogP contribution in [0, 0.1) is 0 Å². The molecule has 2 aliphatic rings. The highest BCUT2D eigenvalue weighted by Crippen LogP contribution is 2.32. The zero-order valence-corrected chi connectivity index (χ0v) is 17.9. The van der Waals surface area contributed by atoms with Crippen LogP contribution < -0.4 is 15.4 Å². The highest BCUT2D eigenvalue weighted by Gasteiger charge is 2.48. The van der Waals surface area contributed by atoms with Crippen LogP contribution in [0.5, 0.6) is 0 Å². The van der Waals surface area contributed by atoms with Gasteiger partial charge in [-0.15, -0.1) is 0 Å². The van der Waals surface area contributed by atoms with Crippen LogP contribution in [0.3, 0.4) is 0 Å². The Bertz CT molecular complexity index is 884. The molecule has 2 saturated heterocycles. The molecule has 13 heteroatoms. The summed E-state index contributed by atoms with van der Waals surface area (Å²) in [5.41, 5.74) is 0.748. The van der Waals surface area contributed by atoms with Gasteiger partial charge in [-0.05, 0) is 0 Å². The molecule has 2 aromatic rings. The van der Waals surface area contributed by atoms with Gasteiger partial charge in [-0.25, -0.2) is 13.8 Å². The molecule has 0 spiro atoms. The van der Waals surface area contributed by atoms with Gasteiger partial charge in [0.15, 0.2) is 5.82 Å². The summed E-state index contributed by atoms with van der Waals surface area (Å²) >= 11 is 7.25. The number of anilines is 3. The van der Waals surface area contributed by atoms with E-state index in [2.05, 4.69) is 30.4 Å². The Hall–Kier alpha value is -1.73. The van der Waals surface area contributed by atoms with Gasteiger partial charge in [-0.2, -0.15) is 10.1 Å². The minimum Gasteiger partial charge on any atom is -0.371 e. The normalized spacial score (nSPS) is 26.0. The molecule has 4 unspecified atom stereocenters. The molecule has 0 bridgehead atoms. The minimum atomic E-state index is -2.73. The molecule has 0 aliphatic carbocycles. The molecule has 0 saturated carbocycles. The van der Waals surface area contributed by atoms with E-state index >= 15 is 0 Å². The summed E-state index contributed by atoms with van der Waals surface area (Å²) in [6.07, 6.45) is 4.48. The summed E-state index contributed by atoms with van der Waals surface area (Å²) in [4.78, 5) is 8.62. The van der Waals surface area contributed by atoms with Crippen LogP contribution in [0.4, 0.5) is 26.2 Å². The lowest BCUT2D eigenvalue weighted by Gasteiger charge is -2.19. The maximum Gasteiger partial charge on any atom is 0.255 e. The van der Waals surface area contributed by atoms with Gasteiger partial charge in [0.1, 0.15) is 17.2 Å². The number of hydrogen-bond acceptors (Lipinski definition) is 9. The molecular formula is C17H22ClF2N7O2S. The first-order chi connectivity index (χ1) is 14.3. The minimum absolute atomic E-state index is 0.169. The molecule has 0 radical (unpaired) electrons. The van der Waals surface area contributed by atoms with E-state index in [9.17, 15) is 8.78 Å². The van der Waals surface area contributed by atoms with Crippen molar-refractivity contribution in [2.45, 2.75) is 37.1 Å². The van der Waals surface area contributed by atoms with Crippen LogP contribution in [-0.4, -0.2) is 68.9 Å². The molecular weight excluding hydrogens is 440 g/mol. The van der Waals surface area contributed by atoms with E-state index in [1.807, 2.05) is 7.05 Å². The number of nitrogens with one attached hydrogen (secondary N) is 3. The molecule has 0 aromatic carbocycles. The van der Waals surface area contributed by atoms with E-state index < -0.39 is 5.92 Å². The van der Waals surface area contributed by atoms with Crippen molar-refractivity contribution < 1.29 is 18.3 Å². The second-order valence-corrected chi connectivity index (χ2v) is 8.57. The summed E-state index contributed by atoms with van der Waals surface area (Å²) in [5.74, 6) is -2.23. The Labute approximate surface area is 181 Å². The smallest absolute Gasteiger partial charge is 0.255 e. The Morgan fingerprint density at radius 1 is 1.27 bits per heavy atom. The third-order valence-corrected chi connectivity index (χ3v) is 6.04. The SMILES string of the molecule is Cn1cc(Nc2ncc(Cl)c(NC3COC4C(NSCC(C)(F)F)COC34)n2)cn1. The molecule has 4 rings (SSSR count). The lowest BCUT2D eigenvalue weighted by Crippen LogP contribution is -2.40. The third-order valence-electron chi connectivity index (χ3n) is 4.64. The lowest BCUT2D eigenvalue weighted by atomic mass is 10.1. The van der Waals surface area contributed by atoms with E-state index in [1.54, 1.807) is 17.1 Å². The highest BCUT2D eigenvalue weighted by atomic mass is 35.5. The van der Waals surface area contributed by atoms with Gasteiger partial charge in [-0.1, -0.05) is 23.5 Å². The largest absolute Gasteiger partial charge is 0.371 e. The topological polar surface area (TPSA) is 98.2 Å². The average Bonchev–Trinajstić information content (AvgIpc) is 3.36. The Morgan fingerprint density at radius 3 is 2.70 bits per heavy atom. The van der Waals surface area contributed by atoms with Crippen molar-refractivity contribution in [3.8, 4) is 0 Å². The molecule has 2 aromatic heterocycles. The summed E-state index contributed by atoms with van der Waals surface area (Å²) in [6, 6.07) is -0.351. The molecule has 4 atom stereocenters. The lowest BCUT2D eigenvalue weighted by molar-refractivity contribution is 0.0488. The maximum atomic E-state index is 13.0. The van der Waals surface area contributed by atoms with Gasteiger partial charge < -0.3 is 20.1 Å². The third kappa shape index (κ3) is 5.11. The Balaban J connectivity index is 1.36. The molecule has 9 nitrogen and oxygen atoms in total. The molecule has 164 valence electrons. The van der Waals surface area contributed by atoms with E-state index in [1.165, 1.54) is 6.20 Å². The van der Waals surface area contributed by atoms with Crippen LogP contribution in [0.25, 0.3) is 0 Å². The maximum absolute atomic E-state index is 13.0. The number of alkyl halides is 2. The second-order valence-electron chi connectivity index (χ2n) is 7.35. The van der Waals surface area contributed by atoms with Gasteiger partial charge >= 0.3 is 0 Å². The monoisotopic (exact) mass is 461 g/mol. The van der Waals surface area contributed by atoms with Crippen LogP contribution >= 0.6 is 23.5 Å². The van der Waals surface area contributed by atoms with Crippen molar-refractivity contribution in [2.24, 2.45) is 7.05 Å². The number of rotatable bonds is 8.